The van der Waals surface area contributed by atoms with E-state index in [9.17, 15) is 9.59 Å². The van der Waals surface area contributed by atoms with E-state index in [1.165, 1.54) is 23.7 Å². The topological polar surface area (TPSA) is 66.4 Å². The van der Waals surface area contributed by atoms with E-state index in [4.69, 9.17) is 5.11 Å². The number of thioether (sulfide) groups is 1. The van der Waals surface area contributed by atoms with Crippen molar-refractivity contribution in [1.29, 1.82) is 0 Å². The summed E-state index contributed by atoms with van der Waals surface area (Å²) in [6.07, 6.45) is 3.32. The van der Waals surface area contributed by atoms with Gasteiger partial charge in [-0.05, 0) is 37.5 Å². The Morgan fingerprint density at radius 2 is 1.77 bits per heavy atom. The van der Waals surface area contributed by atoms with Gasteiger partial charge >= 0.3 is 5.97 Å². The molecule has 3 rings (SSSR count). The first kappa shape index (κ1) is 18.5. The Kier molecular flexibility index (Phi) is 5.67. The quantitative estimate of drug-likeness (QED) is 0.721. The summed E-state index contributed by atoms with van der Waals surface area (Å²) in [7, 11) is 0. The van der Waals surface area contributed by atoms with Crippen molar-refractivity contribution in [3.8, 4) is 0 Å². The molecule has 1 fully saturated rings. The zero-order valence-electron chi connectivity index (χ0n) is 14.8. The number of carboxylic acids is 1. The summed E-state index contributed by atoms with van der Waals surface area (Å²) in [5.74, 6) is -1.03. The highest BCUT2D eigenvalue weighted by molar-refractivity contribution is 8.00. The van der Waals surface area contributed by atoms with Gasteiger partial charge in [-0.3, -0.25) is 9.59 Å². The van der Waals surface area contributed by atoms with Crippen molar-refractivity contribution in [2.24, 2.45) is 0 Å². The minimum Gasteiger partial charge on any atom is -0.480 e. The highest BCUT2D eigenvalue weighted by atomic mass is 32.2. The van der Waals surface area contributed by atoms with Gasteiger partial charge in [0.05, 0.1) is 5.56 Å². The van der Waals surface area contributed by atoms with E-state index < -0.39 is 11.2 Å². The third-order valence-corrected chi connectivity index (χ3v) is 6.23. The van der Waals surface area contributed by atoms with Gasteiger partial charge in [0.2, 0.25) is 0 Å². The minimum absolute atomic E-state index is 0.0212. The molecule has 0 bridgehead atoms. The average Bonchev–Trinajstić information content (AvgIpc) is 2.62. The molecule has 0 heterocycles. The van der Waals surface area contributed by atoms with Crippen molar-refractivity contribution in [2.45, 2.75) is 41.7 Å². The highest BCUT2D eigenvalue weighted by Gasteiger charge is 2.38. The summed E-state index contributed by atoms with van der Waals surface area (Å²) in [5.41, 5.74) is 1.83. The first-order valence-electron chi connectivity index (χ1n) is 8.84. The molecule has 0 aliphatic heterocycles. The van der Waals surface area contributed by atoms with Gasteiger partial charge in [0.15, 0.2) is 0 Å². The lowest BCUT2D eigenvalue weighted by molar-refractivity contribution is -0.136. The molecule has 0 aromatic heterocycles. The molecule has 2 aromatic carbocycles. The predicted molar refractivity (Wildman–Crippen MR) is 104 cm³/mol. The monoisotopic (exact) mass is 369 g/mol. The van der Waals surface area contributed by atoms with Crippen molar-refractivity contribution in [1.82, 2.24) is 5.32 Å². The fourth-order valence-corrected chi connectivity index (χ4v) is 4.23. The lowest BCUT2D eigenvalue weighted by atomic mass is 9.64. The summed E-state index contributed by atoms with van der Waals surface area (Å²) < 4.78 is 0. The molecular weight excluding hydrogens is 346 g/mol. The van der Waals surface area contributed by atoms with Gasteiger partial charge in [0, 0.05) is 16.9 Å². The van der Waals surface area contributed by atoms with E-state index in [-0.39, 0.29) is 11.3 Å². The second kappa shape index (κ2) is 7.96. The van der Waals surface area contributed by atoms with Gasteiger partial charge in [-0.15, -0.1) is 11.8 Å². The van der Waals surface area contributed by atoms with Gasteiger partial charge < -0.3 is 10.4 Å². The zero-order chi connectivity index (χ0) is 18.6. The lowest BCUT2D eigenvalue weighted by Crippen LogP contribution is -2.45. The number of hydrogen-bond acceptors (Lipinski definition) is 3. The number of rotatable bonds is 7. The Hall–Kier alpha value is -2.27. The van der Waals surface area contributed by atoms with Crippen molar-refractivity contribution in [3.05, 3.63) is 65.7 Å². The van der Waals surface area contributed by atoms with Crippen LogP contribution in [-0.4, -0.2) is 28.8 Å². The van der Waals surface area contributed by atoms with Crippen LogP contribution in [0, 0.1) is 0 Å². The molecule has 2 aromatic rings. The highest BCUT2D eigenvalue weighted by Crippen LogP contribution is 2.43. The van der Waals surface area contributed by atoms with Gasteiger partial charge in [-0.2, -0.15) is 0 Å². The second-order valence-corrected chi connectivity index (χ2v) is 8.16. The van der Waals surface area contributed by atoms with Crippen molar-refractivity contribution >= 4 is 23.6 Å². The van der Waals surface area contributed by atoms with Crippen LogP contribution in [0.1, 0.15) is 42.1 Å². The normalized spacial score (nSPS) is 16.3. The third kappa shape index (κ3) is 3.93. The first-order valence-corrected chi connectivity index (χ1v) is 9.72. The number of nitrogens with one attached hydrogen (secondary N) is 1. The number of aliphatic carboxylic acids is 1. The first-order chi connectivity index (χ1) is 12.5. The summed E-state index contributed by atoms with van der Waals surface area (Å²) in [5, 5.41) is 11.6. The Morgan fingerprint density at radius 3 is 2.38 bits per heavy atom. The van der Waals surface area contributed by atoms with Crippen LogP contribution in [0.3, 0.4) is 0 Å². The van der Waals surface area contributed by atoms with Crippen molar-refractivity contribution in [2.75, 3.05) is 6.54 Å². The van der Waals surface area contributed by atoms with Gasteiger partial charge in [0.25, 0.3) is 5.91 Å². The summed E-state index contributed by atoms with van der Waals surface area (Å²) >= 11 is 1.20. The van der Waals surface area contributed by atoms with Crippen molar-refractivity contribution in [3.63, 3.8) is 0 Å². The Labute approximate surface area is 158 Å². The smallest absolute Gasteiger partial charge is 0.316 e. The molecule has 0 saturated heterocycles. The zero-order valence-corrected chi connectivity index (χ0v) is 15.6. The van der Waals surface area contributed by atoms with Crippen LogP contribution in [-0.2, 0) is 10.2 Å². The number of carbonyl (C=O) groups excluding carboxylic acids is 1. The van der Waals surface area contributed by atoms with Crippen LogP contribution in [0.4, 0.5) is 0 Å². The number of carboxylic acid groups (broad SMARTS) is 1. The molecule has 5 heteroatoms. The molecule has 1 atom stereocenters. The summed E-state index contributed by atoms with van der Waals surface area (Å²) in [6.45, 7) is 2.23. The predicted octanol–water partition coefficient (Wildman–Crippen LogP) is 4.10. The van der Waals surface area contributed by atoms with E-state index in [1.54, 1.807) is 25.1 Å². The largest absolute Gasteiger partial charge is 0.480 e. The summed E-state index contributed by atoms with van der Waals surface area (Å²) in [4.78, 5) is 24.6. The second-order valence-electron chi connectivity index (χ2n) is 6.78. The van der Waals surface area contributed by atoms with Crippen molar-refractivity contribution < 1.29 is 14.7 Å². The van der Waals surface area contributed by atoms with Crippen LogP contribution < -0.4 is 5.32 Å². The molecule has 1 saturated carbocycles. The molecule has 0 spiro atoms. The minimum atomic E-state index is -0.886. The molecule has 1 aliphatic rings. The molecule has 1 amide bonds. The van der Waals surface area contributed by atoms with E-state index >= 15 is 0 Å². The number of hydrogen-bond donors (Lipinski definition) is 2. The molecule has 136 valence electrons. The van der Waals surface area contributed by atoms with Gasteiger partial charge in [-0.25, -0.2) is 0 Å². The van der Waals surface area contributed by atoms with Crippen LogP contribution in [0.5, 0.6) is 0 Å². The fraction of sp³-hybridized carbons (Fsp3) is 0.333. The average molecular weight is 369 g/mol. The maximum absolute atomic E-state index is 12.8. The Morgan fingerprint density at radius 1 is 1.12 bits per heavy atom. The third-order valence-electron chi connectivity index (χ3n) is 5.07. The maximum Gasteiger partial charge on any atom is 0.316 e. The van der Waals surface area contributed by atoms with E-state index in [0.717, 1.165) is 12.8 Å². The lowest BCUT2D eigenvalue weighted by Gasteiger charge is -2.42. The van der Waals surface area contributed by atoms with Crippen LogP contribution >= 0.6 is 11.8 Å². The molecule has 2 N–H and O–H groups in total. The molecule has 26 heavy (non-hydrogen) atoms. The maximum atomic E-state index is 12.8. The van der Waals surface area contributed by atoms with E-state index in [0.29, 0.717) is 17.0 Å². The van der Waals surface area contributed by atoms with E-state index in [1.807, 2.05) is 24.3 Å². The fourth-order valence-electron chi connectivity index (χ4n) is 3.31. The molecule has 0 radical (unpaired) electrons. The van der Waals surface area contributed by atoms with Crippen LogP contribution in [0.25, 0.3) is 0 Å². The Balaban J connectivity index is 1.72. The molecule has 4 nitrogen and oxygen atoms in total. The molecule has 1 aliphatic carbocycles. The Bertz CT molecular complexity index is 787. The summed E-state index contributed by atoms with van der Waals surface area (Å²) in [6, 6.07) is 17.5. The standard InChI is InChI=1S/C21H23NO3S/c1-15(20(24)25)26-18-11-6-5-10-17(18)19(23)22-14-21(12-7-13-21)16-8-3-2-4-9-16/h2-6,8-11,15H,7,12-14H2,1H3,(H,22,23)(H,24,25). The number of benzene rings is 2. The van der Waals surface area contributed by atoms with Gasteiger partial charge in [-0.1, -0.05) is 48.9 Å². The molecular formula is C21H23NO3S. The van der Waals surface area contributed by atoms with Gasteiger partial charge in [0.1, 0.15) is 5.25 Å². The SMILES string of the molecule is CC(Sc1ccccc1C(=O)NCC1(c2ccccc2)CCC1)C(=O)O. The van der Waals surface area contributed by atoms with E-state index in [2.05, 4.69) is 17.4 Å². The number of carbonyl (C=O) groups is 2. The molecule has 1 unspecified atom stereocenters. The van der Waals surface area contributed by atoms with Crippen LogP contribution in [0.2, 0.25) is 0 Å². The number of amides is 1. The van der Waals surface area contributed by atoms with Crippen LogP contribution in [0.15, 0.2) is 59.5 Å².